The molecule has 0 aromatic carbocycles. The van der Waals surface area contributed by atoms with E-state index in [1.54, 1.807) is 18.5 Å². The van der Waals surface area contributed by atoms with E-state index in [-0.39, 0.29) is 5.91 Å². The molecule has 2 fully saturated rings. The zero-order valence-corrected chi connectivity index (χ0v) is 14.6. The molecule has 0 bridgehead atoms. The van der Waals surface area contributed by atoms with Crippen LogP contribution >= 0.6 is 11.3 Å². The highest BCUT2D eigenvalue weighted by atomic mass is 32.1. The van der Waals surface area contributed by atoms with Crippen molar-refractivity contribution in [3.8, 4) is 10.8 Å². The predicted molar refractivity (Wildman–Crippen MR) is 93.0 cm³/mol. The smallest absolute Gasteiger partial charge is 0.265 e. The van der Waals surface area contributed by atoms with Crippen LogP contribution in [-0.4, -0.2) is 62.9 Å². The van der Waals surface area contributed by atoms with Crippen molar-refractivity contribution in [3.05, 3.63) is 29.0 Å². The third-order valence-electron chi connectivity index (χ3n) is 4.87. The molecule has 2 aliphatic rings. The van der Waals surface area contributed by atoms with Crippen LogP contribution in [0.1, 0.15) is 34.6 Å². The van der Waals surface area contributed by atoms with Crippen molar-refractivity contribution >= 4 is 17.2 Å². The minimum Gasteiger partial charge on any atom is -0.335 e. The first kappa shape index (κ1) is 15.7. The lowest BCUT2D eigenvalue weighted by atomic mass is 9.99. The van der Waals surface area contributed by atoms with Gasteiger partial charge in [-0.25, -0.2) is 15.0 Å². The summed E-state index contributed by atoms with van der Waals surface area (Å²) in [6.07, 6.45) is 7.16. The Morgan fingerprint density at radius 3 is 2.88 bits per heavy atom. The second-order valence-corrected chi connectivity index (χ2v) is 7.44. The monoisotopic (exact) mass is 343 g/mol. The molecular formula is C17H21N5OS. The molecule has 2 aliphatic heterocycles. The minimum absolute atomic E-state index is 0.109. The molecule has 1 amide bonds. The lowest BCUT2D eigenvalue weighted by molar-refractivity contribution is 0.0375. The van der Waals surface area contributed by atoms with Gasteiger partial charge in [0.2, 0.25) is 0 Å². The van der Waals surface area contributed by atoms with Crippen molar-refractivity contribution in [1.82, 2.24) is 24.8 Å². The Morgan fingerprint density at radius 2 is 2.04 bits per heavy atom. The number of piperidine rings is 1. The van der Waals surface area contributed by atoms with Crippen LogP contribution in [0.5, 0.6) is 0 Å². The maximum Gasteiger partial charge on any atom is 0.265 e. The standard InChI is InChI=1S/C17H21N5OS/c1-12-14(24-16(20-12)15-18-6-4-7-19-15)17(23)22-10-9-21-8-3-2-5-13(21)11-22/h4,6-7,13H,2-3,5,8-11H2,1H3/t13-/m1/s1. The van der Waals surface area contributed by atoms with E-state index < -0.39 is 0 Å². The zero-order chi connectivity index (χ0) is 16.5. The van der Waals surface area contributed by atoms with E-state index in [0.29, 0.717) is 16.9 Å². The van der Waals surface area contributed by atoms with Crippen LogP contribution in [0.4, 0.5) is 0 Å². The average molecular weight is 343 g/mol. The van der Waals surface area contributed by atoms with Gasteiger partial charge in [-0.1, -0.05) is 6.42 Å². The molecule has 0 saturated carbocycles. The molecule has 2 aromatic heterocycles. The molecule has 7 heteroatoms. The lowest BCUT2D eigenvalue weighted by Crippen LogP contribution is -2.56. The number of fused-ring (bicyclic) bond motifs is 1. The van der Waals surface area contributed by atoms with Crippen molar-refractivity contribution in [2.75, 3.05) is 26.2 Å². The Kier molecular flexibility index (Phi) is 4.28. The molecule has 0 aliphatic carbocycles. The summed E-state index contributed by atoms with van der Waals surface area (Å²) in [5.74, 6) is 0.694. The van der Waals surface area contributed by atoms with Crippen molar-refractivity contribution in [2.24, 2.45) is 0 Å². The van der Waals surface area contributed by atoms with Gasteiger partial charge in [-0.3, -0.25) is 9.69 Å². The number of rotatable bonds is 2. The van der Waals surface area contributed by atoms with Gasteiger partial charge in [0.15, 0.2) is 10.8 Å². The van der Waals surface area contributed by atoms with E-state index in [1.165, 1.54) is 37.1 Å². The van der Waals surface area contributed by atoms with Crippen LogP contribution in [0.15, 0.2) is 18.5 Å². The second kappa shape index (κ2) is 6.57. The number of amides is 1. The van der Waals surface area contributed by atoms with Crippen molar-refractivity contribution < 1.29 is 4.79 Å². The second-order valence-electron chi connectivity index (χ2n) is 6.44. The van der Waals surface area contributed by atoms with Gasteiger partial charge < -0.3 is 4.90 Å². The summed E-state index contributed by atoms with van der Waals surface area (Å²) in [4.78, 5) is 31.2. The summed E-state index contributed by atoms with van der Waals surface area (Å²) in [5, 5.41) is 0.716. The number of carbonyl (C=O) groups is 1. The summed E-state index contributed by atoms with van der Waals surface area (Å²) in [5.41, 5.74) is 0.776. The number of piperazine rings is 1. The third kappa shape index (κ3) is 2.93. The van der Waals surface area contributed by atoms with Gasteiger partial charge >= 0.3 is 0 Å². The number of hydrogen-bond donors (Lipinski definition) is 0. The number of hydrogen-bond acceptors (Lipinski definition) is 6. The number of aromatic nitrogens is 3. The van der Waals surface area contributed by atoms with Gasteiger partial charge in [-0.2, -0.15) is 0 Å². The Balaban J connectivity index is 1.53. The molecule has 4 heterocycles. The van der Waals surface area contributed by atoms with Crippen LogP contribution in [0, 0.1) is 6.92 Å². The van der Waals surface area contributed by atoms with Gasteiger partial charge in [0, 0.05) is 38.1 Å². The Labute approximate surface area is 145 Å². The lowest BCUT2D eigenvalue weighted by Gasteiger charge is -2.43. The van der Waals surface area contributed by atoms with E-state index in [9.17, 15) is 4.79 Å². The van der Waals surface area contributed by atoms with Gasteiger partial charge in [0.1, 0.15) is 4.88 Å². The molecule has 126 valence electrons. The summed E-state index contributed by atoms with van der Waals surface area (Å²) in [6, 6.07) is 2.31. The highest BCUT2D eigenvalue weighted by molar-refractivity contribution is 7.17. The van der Waals surface area contributed by atoms with Gasteiger partial charge in [0.05, 0.1) is 5.69 Å². The largest absolute Gasteiger partial charge is 0.335 e. The Morgan fingerprint density at radius 1 is 1.21 bits per heavy atom. The molecule has 2 aromatic rings. The topological polar surface area (TPSA) is 62.2 Å². The van der Waals surface area contributed by atoms with E-state index >= 15 is 0 Å². The molecule has 0 N–H and O–H groups in total. The van der Waals surface area contributed by atoms with Crippen LogP contribution in [-0.2, 0) is 0 Å². The van der Waals surface area contributed by atoms with E-state index in [0.717, 1.165) is 30.2 Å². The van der Waals surface area contributed by atoms with E-state index in [1.807, 2.05) is 11.8 Å². The van der Waals surface area contributed by atoms with Gasteiger partial charge in [-0.05, 0) is 32.4 Å². The van der Waals surface area contributed by atoms with Crippen LogP contribution < -0.4 is 0 Å². The SMILES string of the molecule is Cc1nc(-c2ncccn2)sc1C(=O)N1CCN2CCCC[C@@H]2C1. The molecule has 2 saturated heterocycles. The highest BCUT2D eigenvalue weighted by Gasteiger charge is 2.32. The van der Waals surface area contributed by atoms with Crippen molar-refractivity contribution in [1.29, 1.82) is 0 Å². The number of nitrogens with zero attached hydrogens (tertiary/aromatic N) is 5. The first-order valence-corrected chi connectivity index (χ1v) is 9.32. The fourth-order valence-electron chi connectivity index (χ4n) is 3.58. The highest BCUT2D eigenvalue weighted by Crippen LogP contribution is 2.28. The predicted octanol–water partition coefficient (Wildman–Crippen LogP) is 2.22. The quantitative estimate of drug-likeness (QED) is 0.837. The van der Waals surface area contributed by atoms with Crippen LogP contribution in [0.2, 0.25) is 0 Å². The summed E-state index contributed by atoms with van der Waals surface area (Å²) in [6.45, 7) is 5.72. The molecule has 0 radical (unpaired) electrons. The van der Waals surface area contributed by atoms with Crippen molar-refractivity contribution in [2.45, 2.75) is 32.2 Å². The summed E-state index contributed by atoms with van der Waals surface area (Å²) in [7, 11) is 0. The maximum atomic E-state index is 13.0. The maximum absolute atomic E-state index is 13.0. The first-order chi connectivity index (χ1) is 11.7. The molecule has 0 spiro atoms. The zero-order valence-electron chi connectivity index (χ0n) is 13.8. The first-order valence-electron chi connectivity index (χ1n) is 8.50. The normalized spacial score (nSPS) is 21.5. The van der Waals surface area contributed by atoms with Crippen molar-refractivity contribution in [3.63, 3.8) is 0 Å². The number of carbonyl (C=O) groups excluding carboxylic acids is 1. The van der Waals surface area contributed by atoms with E-state index in [4.69, 9.17) is 0 Å². The summed E-state index contributed by atoms with van der Waals surface area (Å²) >= 11 is 1.40. The Hall–Kier alpha value is -1.86. The van der Waals surface area contributed by atoms with Gasteiger partial charge in [0.25, 0.3) is 5.91 Å². The number of aryl methyl sites for hydroxylation is 1. The van der Waals surface area contributed by atoms with Gasteiger partial charge in [-0.15, -0.1) is 11.3 Å². The van der Waals surface area contributed by atoms with Crippen LogP contribution in [0.25, 0.3) is 10.8 Å². The van der Waals surface area contributed by atoms with Crippen LogP contribution in [0.3, 0.4) is 0 Å². The average Bonchev–Trinajstić information content (AvgIpc) is 3.03. The molecule has 24 heavy (non-hydrogen) atoms. The molecule has 6 nitrogen and oxygen atoms in total. The van der Waals surface area contributed by atoms with E-state index in [2.05, 4.69) is 19.9 Å². The fourth-order valence-corrected chi connectivity index (χ4v) is 4.57. The third-order valence-corrected chi connectivity index (χ3v) is 6.01. The fraction of sp³-hybridized carbons (Fsp3) is 0.529. The summed E-state index contributed by atoms with van der Waals surface area (Å²) < 4.78 is 0. The minimum atomic E-state index is 0.109. The number of thiazole rings is 1. The molecule has 0 unspecified atom stereocenters. The Bertz CT molecular complexity index is 732. The molecule has 1 atom stereocenters. The molecular weight excluding hydrogens is 322 g/mol. The molecule has 4 rings (SSSR count).